The minimum atomic E-state index is -0.854. The maximum atomic E-state index is 10.7. The summed E-state index contributed by atoms with van der Waals surface area (Å²) in [6.45, 7) is -0.0360. The average molecular weight is 255 g/mol. The van der Waals surface area contributed by atoms with E-state index in [0.29, 0.717) is 0 Å². The van der Waals surface area contributed by atoms with Crippen molar-refractivity contribution >= 4 is 33.6 Å². The number of benzene rings is 2. The number of hydrogen-bond donors (Lipinski definition) is 1. The predicted octanol–water partition coefficient (Wildman–Crippen LogP) is 3.11. The van der Waals surface area contributed by atoms with Crippen molar-refractivity contribution in [2.45, 2.75) is 0 Å². The molecule has 3 aromatic rings. The van der Waals surface area contributed by atoms with Crippen LogP contribution in [0.2, 0.25) is 0 Å². The molecule has 0 radical (unpaired) electrons. The van der Waals surface area contributed by atoms with Crippen LogP contribution in [0.4, 0.5) is 5.69 Å². The Bertz CT molecular complexity index is 760. The molecule has 0 aliphatic rings. The maximum Gasteiger partial charge on any atom is 0.323 e. The van der Waals surface area contributed by atoms with Crippen LogP contribution in [0.5, 0.6) is 0 Å². The number of aliphatic carboxylic acids is 1. The summed E-state index contributed by atoms with van der Waals surface area (Å²) in [5.41, 5.74) is 2.44. The number of carbonyl (C=O) groups is 1. The van der Waals surface area contributed by atoms with Gasteiger partial charge in [-0.2, -0.15) is 0 Å². The number of carboxylic acid groups (broad SMARTS) is 1. The molecule has 0 aliphatic heterocycles. The summed E-state index contributed by atoms with van der Waals surface area (Å²) in [4.78, 5) is 12.4. The molecule has 19 heavy (non-hydrogen) atoms. The van der Waals surface area contributed by atoms with E-state index >= 15 is 0 Å². The fourth-order valence-corrected chi connectivity index (χ4v) is 2.25. The minimum absolute atomic E-state index is 0.0360. The molecule has 1 aromatic heterocycles. The molecule has 3 rings (SSSR count). The summed E-state index contributed by atoms with van der Waals surface area (Å²) < 4.78 is 5.77. The van der Waals surface area contributed by atoms with Gasteiger partial charge in [0.2, 0.25) is 0 Å². The van der Waals surface area contributed by atoms with Gasteiger partial charge in [-0.3, -0.25) is 4.79 Å². The third-order valence-electron chi connectivity index (χ3n) is 3.18. The highest BCUT2D eigenvalue weighted by Gasteiger charge is 2.10. The average Bonchev–Trinajstić information content (AvgIpc) is 2.75. The molecule has 0 saturated heterocycles. The first-order chi connectivity index (χ1) is 9.15. The third kappa shape index (κ3) is 2.01. The summed E-state index contributed by atoms with van der Waals surface area (Å²) >= 11 is 0. The summed E-state index contributed by atoms with van der Waals surface area (Å²) in [7, 11) is 1.75. The molecule has 0 saturated carbocycles. The summed E-state index contributed by atoms with van der Waals surface area (Å²) in [6.07, 6.45) is 0. The zero-order valence-corrected chi connectivity index (χ0v) is 10.5. The van der Waals surface area contributed by atoms with Crippen molar-refractivity contribution in [2.75, 3.05) is 18.5 Å². The van der Waals surface area contributed by atoms with E-state index in [1.54, 1.807) is 11.9 Å². The second kappa shape index (κ2) is 4.31. The molecule has 0 aliphatic carbocycles. The van der Waals surface area contributed by atoms with Crippen LogP contribution in [-0.2, 0) is 4.79 Å². The molecule has 1 N–H and O–H groups in total. The second-order valence-electron chi connectivity index (χ2n) is 4.53. The van der Waals surface area contributed by atoms with Crippen molar-refractivity contribution < 1.29 is 14.3 Å². The molecule has 0 amide bonds. The Kier molecular flexibility index (Phi) is 2.63. The van der Waals surface area contributed by atoms with E-state index in [4.69, 9.17) is 9.52 Å². The Morgan fingerprint density at radius 3 is 2.68 bits per heavy atom. The van der Waals surface area contributed by atoms with Crippen LogP contribution in [0.3, 0.4) is 0 Å². The van der Waals surface area contributed by atoms with Crippen molar-refractivity contribution in [2.24, 2.45) is 0 Å². The smallest absolute Gasteiger partial charge is 0.323 e. The van der Waals surface area contributed by atoms with Gasteiger partial charge in [0, 0.05) is 29.6 Å². The van der Waals surface area contributed by atoms with Gasteiger partial charge in [0.1, 0.15) is 17.7 Å². The van der Waals surface area contributed by atoms with Crippen LogP contribution in [0.15, 0.2) is 46.9 Å². The molecule has 96 valence electrons. The molecule has 4 nitrogen and oxygen atoms in total. The third-order valence-corrected chi connectivity index (χ3v) is 3.18. The highest BCUT2D eigenvalue weighted by atomic mass is 16.4. The molecule has 0 spiro atoms. The lowest BCUT2D eigenvalue weighted by Crippen LogP contribution is -2.24. The van der Waals surface area contributed by atoms with Crippen molar-refractivity contribution in [3.05, 3.63) is 42.5 Å². The predicted molar refractivity (Wildman–Crippen MR) is 74.6 cm³/mol. The van der Waals surface area contributed by atoms with E-state index in [1.807, 2.05) is 42.5 Å². The number of fused-ring (bicyclic) bond motifs is 3. The number of rotatable bonds is 3. The second-order valence-corrected chi connectivity index (χ2v) is 4.53. The molecule has 0 unspecified atom stereocenters. The quantitative estimate of drug-likeness (QED) is 0.781. The van der Waals surface area contributed by atoms with Crippen LogP contribution >= 0.6 is 0 Å². The first-order valence-electron chi connectivity index (χ1n) is 5.99. The molecule has 0 atom stereocenters. The van der Waals surface area contributed by atoms with Crippen LogP contribution in [0, 0.1) is 0 Å². The van der Waals surface area contributed by atoms with Gasteiger partial charge in [-0.1, -0.05) is 18.2 Å². The Labute approximate surface area is 109 Å². The molecule has 1 heterocycles. The van der Waals surface area contributed by atoms with Crippen molar-refractivity contribution in [3.8, 4) is 0 Å². The van der Waals surface area contributed by atoms with Gasteiger partial charge < -0.3 is 14.4 Å². The maximum absolute atomic E-state index is 10.7. The van der Waals surface area contributed by atoms with Gasteiger partial charge in [0.15, 0.2) is 0 Å². The number of anilines is 1. The molecule has 0 fully saturated rings. The van der Waals surface area contributed by atoms with Gasteiger partial charge in [0.05, 0.1) is 0 Å². The van der Waals surface area contributed by atoms with Crippen molar-refractivity contribution in [1.29, 1.82) is 0 Å². The molecular weight excluding hydrogens is 242 g/mol. The van der Waals surface area contributed by atoms with E-state index < -0.39 is 5.97 Å². The molecule has 2 aromatic carbocycles. The summed E-state index contributed by atoms with van der Waals surface area (Å²) in [5, 5.41) is 10.9. The normalized spacial score (nSPS) is 11.0. The van der Waals surface area contributed by atoms with E-state index in [0.717, 1.165) is 27.6 Å². The Hall–Kier alpha value is -2.49. The van der Waals surface area contributed by atoms with Crippen LogP contribution in [0.1, 0.15) is 0 Å². The van der Waals surface area contributed by atoms with Crippen molar-refractivity contribution in [3.63, 3.8) is 0 Å². The first-order valence-corrected chi connectivity index (χ1v) is 5.99. The SMILES string of the molecule is CN(CC(=O)O)c1ccc2c(c1)oc1ccccc12. The monoisotopic (exact) mass is 255 g/mol. The number of likely N-dealkylation sites (N-methyl/N-ethyl adjacent to an activating group) is 1. The lowest BCUT2D eigenvalue weighted by molar-refractivity contribution is -0.135. The summed E-state index contributed by atoms with van der Waals surface area (Å²) in [5.74, 6) is -0.854. The number of para-hydroxylation sites is 1. The minimum Gasteiger partial charge on any atom is -0.480 e. The van der Waals surface area contributed by atoms with Gasteiger partial charge >= 0.3 is 5.97 Å². The van der Waals surface area contributed by atoms with Crippen LogP contribution in [0.25, 0.3) is 21.9 Å². The molecular formula is C15H13NO3. The van der Waals surface area contributed by atoms with Crippen LogP contribution < -0.4 is 4.90 Å². The van der Waals surface area contributed by atoms with Gasteiger partial charge in [-0.15, -0.1) is 0 Å². The lowest BCUT2D eigenvalue weighted by Gasteiger charge is -2.16. The van der Waals surface area contributed by atoms with Gasteiger partial charge in [-0.05, 0) is 18.2 Å². The first kappa shape index (κ1) is 11.6. The number of carboxylic acids is 1. The number of hydrogen-bond acceptors (Lipinski definition) is 3. The van der Waals surface area contributed by atoms with Gasteiger partial charge in [0.25, 0.3) is 0 Å². The molecule has 4 heteroatoms. The summed E-state index contributed by atoms with van der Waals surface area (Å²) in [6, 6.07) is 13.6. The zero-order chi connectivity index (χ0) is 13.4. The van der Waals surface area contributed by atoms with Crippen LogP contribution in [-0.4, -0.2) is 24.7 Å². The Morgan fingerprint density at radius 1 is 1.16 bits per heavy atom. The Morgan fingerprint density at radius 2 is 1.89 bits per heavy atom. The molecule has 0 bridgehead atoms. The van der Waals surface area contributed by atoms with E-state index in [2.05, 4.69) is 0 Å². The number of nitrogens with zero attached hydrogens (tertiary/aromatic N) is 1. The largest absolute Gasteiger partial charge is 0.480 e. The van der Waals surface area contributed by atoms with E-state index in [-0.39, 0.29) is 6.54 Å². The topological polar surface area (TPSA) is 53.7 Å². The van der Waals surface area contributed by atoms with E-state index in [9.17, 15) is 4.79 Å². The standard InChI is InChI=1S/C15H13NO3/c1-16(9-15(17)18)10-6-7-12-11-4-2-3-5-13(11)19-14(12)8-10/h2-8H,9H2,1H3,(H,17,18). The van der Waals surface area contributed by atoms with Crippen molar-refractivity contribution in [1.82, 2.24) is 0 Å². The Balaban J connectivity index is 2.10. The zero-order valence-electron chi connectivity index (χ0n) is 10.5. The van der Waals surface area contributed by atoms with E-state index in [1.165, 1.54) is 0 Å². The highest BCUT2D eigenvalue weighted by Crippen LogP contribution is 2.30. The number of furan rings is 1. The van der Waals surface area contributed by atoms with Gasteiger partial charge in [-0.25, -0.2) is 0 Å². The highest BCUT2D eigenvalue weighted by molar-refractivity contribution is 6.05. The fourth-order valence-electron chi connectivity index (χ4n) is 2.25. The lowest BCUT2D eigenvalue weighted by atomic mass is 10.1. The fraction of sp³-hybridized carbons (Fsp3) is 0.133.